The molecule has 3 aromatic rings. The van der Waals surface area contributed by atoms with Crippen molar-refractivity contribution in [1.82, 2.24) is 9.55 Å². The Hall–Kier alpha value is -3.22. The summed E-state index contributed by atoms with van der Waals surface area (Å²) >= 11 is 0. The molecular weight excluding hydrogens is 427 g/mol. The lowest BCUT2D eigenvalue weighted by atomic mass is 10.0. The van der Waals surface area contributed by atoms with Crippen molar-refractivity contribution in [3.05, 3.63) is 72.1 Å². The van der Waals surface area contributed by atoms with Crippen LogP contribution in [0.5, 0.6) is 5.75 Å². The van der Waals surface area contributed by atoms with Gasteiger partial charge in [-0.1, -0.05) is 30.0 Å². The van der Waals surface area contributed by atoms with E-state index < -0.39 is 30.2 Å². The number of imidazole rings is 1. The summed E-state index contributed by atoms with van der Waals surface area (Å²) in [5.74, 6) is 6.01. The molecule has 1 aliphatic rings. The fraction of sp³-hybridized carbons (Fsp3) is 0.320. The fourth-order valence-corrected chi connectivity index (χ4v) is 3.60. The van der Waals surface area contributed by atoms with Gasteiger partial charge in [-0.05, 0) is 42.3 Å². The third kappa shape index (κ3) is 5.24. The number of halogens is 1. The van der Waals surface area contributed by atoms with E-state index in [-0.39, 0.29) is 25.6 Å². The zero-order valence-electron chi connectivity index (χ0n) is 18.1. The van der Waals surface area contributed by atoms with E-state index in [0.717, 1.165) is 11.1 Å². The van der Waals surface area contributed by atoms with Gasteiger partial charge in [-0.3, -0.25) is 0 Å². The molecule has 4 rings (SSSR count). The number of benzene rings is 2. The van der Waals surface area contributed by atoms with Crippen LogP contribution in [0.25, 0.3) is 11.1 Å². The van der Waals surface area contributed by atoms with Crippen LogP contribution < -0.4 is 4.74 Å². The molecule has 0 spiro atoms. The highest BCUT2D eigenvalue weighted by atomic mass is 19.1. The number of nitrogens with zero attached hydrogens (tertiary/aromatic N) is 2. The first-order chi connectivity index (χ1) is 16.0. The average Bonchev–Trinajstić information content (AvgIpc) is 3.46. The van der Waals surface area contributed by atoms with Gasteiger partial charge in [0.25, 0.3) is 0 Å². The Morgan fingerprint density at radius 3 is 2.61 bits per heavy atom. The highest BCUT2D eigenvalue weighted by Crippen LogP contribution is 2.27. The summed E-state index contributed by atoms with van der Waals surface area (Å²) in [4.78, 5) is 4.11. The first kappa shape index (κ1) is 23.0. The van der Waals surface area contributed by atoms with Gasteiger partial charge in [0, 0.05) is 18.0 Å². The first-order valence-corrected chi connectivity index (χ1v) is 10.6. The van der Waals surface area contributed by atoms with Crippen LogP contribution in [-0.4, -0.2) is 56.9 Å². The van der Waals surface area contributed by atoms with Crippen LogP contribution in [-0.2, 0) is 4.74 Å². The highest BCUT2D eigenvalue weighted by molar-refractivity contribution is 5.65. The minimum atomic E-state index is -0.774. The number of ether oxygens (including phenoxy) is 2. The zero-order chi connectivity index (χ0) is 23.4. The lowest BCUT2D eigenvalue weighted by Gasteiger charge is -2.16. The Morgan fingerprint density at radius 1 is 1.21 bits per heavy atom. The highest BCUT2D eigenvalue weighted by Gasteiger charge is 2.28. The largest absolute Gasteiger partial charge is 0.482 e. The number of hydrogen-bond acceptors (Lipinski definition) is 6. The Kier molecular flexibility index (Phi) is 7.06. The van der Waals surface area contributed by atoms with Gasteiger partial charge in [-0.2, -0.15) is 0 Å². The molecule has 2 aromatic carbocycles. The van der Waals surface area contributed by atoms with Crippen molar-refractivity contribution in [2.75, 3.05) is 19.8 Å². The maximum Gasteiger partial charge on any atom is 0.165 e. The molecule has 33 heavy (non-hydrogen) atoms. The van der Waals surface area contributed by atoms with Crippen LogP contribution in [0.15, 0.2) is 54.9 Å². The summed E-state index contributed by atoms with van der Waals surface area (Å²) in [6.45, 7) is 1.79. The lowest BCUT2D eigenvalue weighted by Crippen LogP contribution is -2.30. The molecule has 0 bridgehead atoms. The molecule has 4 atom stereocenters. The number of aliphatic hydroxyl groups is 3. The first-order valence-electron chi connectivity index (χ1n) is 10.6. The SMILES string of the molecule is C[C@H](O)c1nccn1[C@@H](C#Cc1ccc(-c2ccc(OC3COC[C@H]3O)c(F)c2)cc1)CO. The van der Waals surface area contributed by atoms with E-state index >= 15 is 0 Å². The average molecular weight is 452 g/mol. The number of aromatic nitrogens is 2. The molecule has 172 valence electrons. The van der Waals surface area contributed by atoms with Crippen LogP contribution in [0.2, 0.25) is 0 Å². The summed E-state index contributed by atoms with van der Waals surface area (Å²) in [6, 6.07) is 11.4. The molecule has 0 aliphatic carbocycles. The number of aliphatic hydroxyl groups excluding tert-OH is 3. The predicted octanol–water partition coefficient (Wildman–Crippen LogP) is 2.47. The van der Waals surface area contributed by atoms with Crippen LogP contribution in [0.3, 0.4) is 0 Å². The standard InChI is InChI=1S/C25H25FN2O5/c1-16(30)25-27-10-11-28(25)20(13-29)8-4-17-2-5-18(6-3-17)19-7-9-23(21(26)12-19)33-24-15-32-14-22(24)31/h2-3,5-7,9-12,16,20,22,24,29-31H,13-15H2,1H3/t16-,20-,22+,24?/m0/s1. The van der Waals surface area contributed by atoms with Gasteiger partial charge >= 0.3 is 0 Å². The molecule has 0 amide bonds. The second kappa shape index (κ2) is 10.1. The van der Waals surface area contributed by atoms with Crippen molar-refractivity contribution < 1.29 is 29.2 Å². The van der Waals surface area contributed by atoms with Crippen molar-refractivity contribution in [3.8, 4) is 28.7 Å². The third-order valence-electron chi connectivity index (χ3n) is 5.39. The summed E-state index contributed by atoms with van der Waals surface area (Å²) in [5, 5.41) is 29.3. The Balaban J connectivity index is 1.47. The molecule has 1 aromatic heterocycles. The van der Waals surface area contributed by atoms with E-state index in [4.69, 9.17) is 9.47 Å². The molecule has 3 N–H and O–H groups in total. The van der Waals surface area contributed by atoms with Crippen molar-refractivity contribution in [2.24, 2.45) is 0 Å². The molecule has 0 radical (unpaired) electrons. The summed E-state index contributed by atoms with van der Waals surface area (Å²) < 4.78 is 26.9. The van der Waals surface area contributed by atoms with Crippen LogP contribution in [0.4, 0.5) is 4.39 Å². The second-order valence-electron chi connectivity index (χ2n) is 7.82. The number of hydrogen-bond donors (Lipinski definition) is 3. The molecule has 1 aliphatic heterocycles. The van der Waals surface area contributed by atoms with Crippen molar-refractivity contribution in [2.45, 2.75) is 31.3 Å². The third-order valence-corrected chi connectivity index (χ3v) is 5.39. The van der Waals surface area contributed by atoms with Crippen molar-refractivity contribution in [1.29, 1.82) is 0 Å². The van der Waals surface area contributed by atoms with Gasteiger partial charge in [0.15, 0.2) is 17.7 Å². The second-order valence-corrected chi connectivity index (χ2v) is 7.82. The molecule has 0 saturated carbocycles. The maximum absolute atomic E-state index is 14.5. The van der Waals surface area contributed by atoms with Gasteiger partial charge in [-0.25, -0.2) is 9.37 Å². The van der Waals surface area contributed by atoms with Gasteiger partial charge in [0.05, 0.1) is 19.8 Å². The van der Waals surface area contributed by atoms with Gasteiger partial charge < -0.3 is 29.4 Å². The van der Waals surface area contributed by atoms with Gasteiger partial charge in [-0.15, -0.1) is 0 Å². The summed E-state index contributed by atoms with van der Waals surface area (Å²) in [6.07, 6.45) is 1.10. The smallest absolute Gasteiger partial charge is 0.165 e. The van der Waals surface area contributed by atoms with Crippen LogP contribution in [0.1, 0.15) is 30.5 Å². The van der Waals surface area contributed by atoms with E-state index in [1.165, 1.54) is 6.07 Å². The Bertz CT molecular complexity index is 1150. The monoisotopic (exact) mass is 452 g/mol. The molecule has 1 saturated heterocycles. The topological polar surface area (TPSA) is 97.0 Å². The molecule has 7 nitrogen and oxygen atoms in total. The van der Waals surface area contributed by atoms with E-state index in [1.54, 1.807) is 36.0 Å². The predicted molar refractivity (Wildman–Crippen MR) is 119 cm³/mol. The van der Waals surface area contributed by atoms with Crippen molar-refractivity contribution >= 4 is 0 Å². The van der Waals surface area contributed by atoms with Crippen LogP contribution in [0, 0.1) is 17.7 Å². The molecule has 8 heteroatoms. The van der Waals surface area contributed by atoms with Crippen LogP contribution >= 0.6 is 0 Å². The zero-order valence-corrected chi connectivity index (χ0v) is 18.1. The molecule has 2 heterocycles. The lowest BCUT2D eigenvalue weighted by molar-refractivity contribution is 0.0708. The Morgan fingerprint density at radius 2 is 1.97 bits per heavy atom. The summed E-state index contributed by atoms with van der Waals surface area (Å²) in [7, 11) is 0. The molecule has 1 unspecified atom stereocenters. The minimum Gasteiger partial charge on any atom is -0.482 e. The van der Waals surface area contributed by atoms with E-state index in [9.17, 15) is 19.7 Å². The van der Waals surface area contributed by atoms with E-state index in [0.29, 0.717) is 11.4 Å². The normalized spacial score (nSPS) is 19.5. The van der Waals surface area contributed by atoms with Gasteiger partial charge in [0.1, 0.15) is 24.1 Å². The molecular formula is C25H25FN2O5. The maximum atomic E-state index is 14.5. The fourth-order valence-electron chi connectivity index (χ4n) is 3.60. The van der Waals surface area contributed by atoms with E-state index in [1.807, 2.05) is 24.3 Å². The quantitative estimate of drug-likeness (QED) is 0.498. The van der Waals surface area contributed by atoms with Gasteiger partial charge in [0.2, 0.25) is 0 Å². The van der Waals surface area contributed by atoms with E-state index in [2.05, 4.69) is 16.8 Å². The minimum absolute atomic E-state index is 0.0712. The Labute approximate surface area is 191 Å². The van der Waals surface area contributed by atoms with Crippen molar-refractivity contribution in [3.63, 3.8) is 0 Å². The molecule has 1 fully saturated rings. The number of rotatable bonds is 6. The summed E-state index contributed by atoms with van der Waals surface area (Å²) in [5.41, 5.74) is 2.21.